The third-order valence-electron chi connectivity index (χ3n) is 28.2. The van der Waals surface area contributed by atoms with Crippen molar-refractivity contribution in [1.82, 2.24) is 0 Å². The minimum absolute atomic E-state index is 0.0445. The summed E-state index contributed by atoms with van der Waals surface area (Å²) in [6.07, 6.45) is 0. The van der Waals surface area contributed by atoms with Crippen LogP contribution in [0.1, 0.15) is 80.5 Å². The van der Waals surface area contributed by atoms with E-state index in [-0.39, 0.29) is 22.1 Å². The minimum atomic E-state index is -0.315. The van der Waals surface area contributed by atoms with E-state index in [0.29, 0.717) is 20.6 Å². The first-order valence-corrected chi connectivity index (χ1v) is 49.4. The largest absolute Gasteiger partial charge is 0.310 e. The predicted molar refractivity (Wildman–Crippen MR) is 600 cm³/mol. The van der Waals surface area contributed by atoms with Crippen LogP contribution in [0.4, 0.5) is 107 Å². The van der Waals surface area contributed by atoms with E-state index >= 15 is 0 Å². The Morgan fingerprint density at radius 3 is 1.01 bits per heavy atom. The van der Waals surface area contributed by atoms with Gasteiger partial charge in [0.1, 0.15) is 5.82 Å². The summed E-state index contributed by atoms with van der Waals surface area (Å²) < 4.78 is 14.1. The summed E-state index contributed by atoms with van der Waals surface area (Å²) in [5.41, 5.74) is 35.9. The SMILES string of the molecule is CC1(C)c2cc(N(c3cccc(Cl)c3)c3cc(C#N)cc(N(c4ccccc4)c4ccc(F)cc4)c3)ccc2-c2c1ccc1ccccc21.CC1(C)c2ccc(N(c3cccc(Cl)c3)c3cccc(N(c4ccccc4)c4ccc(-c5ccccc5)cc4)c3)cc2-c2ccc3ccccc3c21.CC1(C)c2ccccc2-c2cc(N(c3cccc(Cl)c3)c3cccc(N(c4ccccc4)c4ccccc4)c3)ccc21. The molecule has 0 N–H and O–H groups in total. The zero-order valence-electron chi connectivity index (χ0n) is 79.9. The lowest BCUT2D eigenvalue weighted by molar-refractivity contribution is 0.628. The highest BCUT2D eigenvalue weighted by Crippen LogP contribution is 2.58. The van der Waals surface area contributed by atoms with Crippen LogP contribution in [0.3, 0.4) is 0 Å². The Kier molecular flexibility index (Phi) is 24.5. The molecule has 11 heteroatoms. The van der Waals surface area contributed by atoms with Crippen molar-refractivity contribution in [3.8, 4) is 50.6 Å². The molecule has 0 spiro atoms. The maximum atomic E-state index is 14.1. The summed E-state index contributed by atoms with van der Waals surface area (Å²) in [4.78, 5) is 13.4. The van der Waals surface area contributed by atoms with Crippen LogP contribution in [0, 0.1) is 17.1 Å². The zero-order valence-corrected chi connectivity index (χ0v) is 82.2. The Morgan fingerprint density at radius 1 is 0.210 bits per heavy atom. The standard InChI is InChI=1S/C49H37ClN2.C44H31ClFN3.C39H31ClN2/c1-49(2)47-30-28-43(33-46(47)45-29-25-36-15-9-10-22-44(36)48(45)49)52(40-19-11-16-37(50)31-40)42-21-12-20-41(32-42)51(38-17-7-4-8-18-38)39-26-23-35(24-27-39)34-13-5-3-6-14-34;1-44(2)41-22-15-30-9-6-7-14-39(30)43(41)40-21-20-36(27-42(40)44)49(35-13-8-10-31(45)25-35)38-24-29(28-47)23-37(26-38)48(33-11-4-3-5-12-33)34-18-16-32(46)17-19-34;1-39(2)37-22-10-9-21-35(37)36-27-34(23-24-38(36)39)42(31-18-11-13-28(40)25-31)33-20-12-19-32(26-33)41(29-14-5-3-6-15-29)30-16-7-4-8-17-30/h3-33H,1-2H3;3-27H,1-2H3;3-27H,1-2H3. The van der Waals surface area contributed by atoms with Gasteiger partial charge in [0.2, 0.25) is 0 Å². The van der Waals surface area contributed by atoms with Gasteiger partial charge in [-0.3, -0.25) is 0 Å². The van der Waals surface area contributed by atoms with Crippen LogP contribution in [0.25, 0.3) is 66.1 Å². The van der Waals surface area contributed by atoms with Crippen molar-refractivity contribution in [1.29, 1.82) is 5.26 Å². The second kappa shape index (κ2) is 38.4. The van der Waals surface area contributed by atoms with Crippen molar-refractivity contribution in [2.45, 2.75) is 57.8 Å². The van der Waals surface area contributed by atoms with Crippen molar-refractivity contribution in [3.05, 3.63) is 551 Å². The molecule has 143 heavy (non-hydrogen) atoms. The predicted octanol–water partition coefficient (Wildman–Crippen LogP) is 38.7. The average Bonchev–Trinajstić information content (AvgIpc) is 1.56. The molecule has 0 aromatic heterocycles. The molecule has 21 aromatic rings. The van der Waals surface area contributed by atoms with Crippen LogP contribution in [0.15, 0.2) is 491 Å². The molecular weight excluding hydrogens is 1810 g/mol. The number of nitrogens with zero attached hydrogens (tertiary/aromatic N) is 7. The number of halogens is 4. The summed E-state index contributed by atoms with van der Waals surface area (Å²) in [5, 5.41) is 17.4. The summed E-state index contributed by atoms with van der Waals surface area (Å²) in [5.74, 6) is -0.315. The first kappa shape index (κ1) is 91.3. The first-order chi connectivity index (χ1) is 69.8. The zero-order chi connectivity index (χ0) is 97.6. The molecule has 0 radical (unpaired) electrons. The Hall–Kier alpha value is -16.8. The maximum absolute atomic E-state index is 14.1. The van der Waals surface area contributed by atoms with E-state index in [1.807, 2.05) is 108 Å². The molecule has 21 aromatic carbocycles. The summed E-state index contributed by atoms with van der Waals surface area (Å²) in [7, 11) is 0. The van der Waals surface area contributed by atoms with Crippen LogP contribution in [0.5, 0.6) is 0 Å². The Morgan fingerprint density at radius 2 is 0.517 bits per heavy atom. The summed E-state index contributed by atoms with van der Waals surface area (Å²) in [6.45, 7) is 13.9. The van der Waals surface area contributed by atoms with E-state index in [2.05, 4.69) is 436 Å². The lowest BCUT2D eigenvalue weighted by Gasteiger charge is -2.30. The van der Waals surface area contributed by atoms with Crippen molar-refractivity contribution in [2.75, 3.05) is 29.4 Å². The van der Waals surface area contributed by atoms with Crippen molar-refractivity contribution < 1.29 is 4.39 Å². The van der Waals surface area contributed by atoms with Gasteiger partial charge in [-0.1, -0.05) is 337 Å². The Bertz CT molecular complexity index is 8360. The fourth-order valence-electron chi connectivity index (χ4n) is 21.5. The number of para-hydroxylation sites is 4. The Balaban J connectivity index is 0.000000123. The number of benzene rings is 21. The van der Waals surface area contributed by atoms with Crippen LogP contribution >= 0.6 is 34.8 Å². The maximum Gasteiger partial charge on any atom is 0.123 e. The van der Waals surface area contributed by atoms with E-state index in [9.17, 15) is 9.65 Å². The molecule has 24 rings (SSSR count). The molecule has 0 fully saturated rings. The molecule has 0 heterocycles. The molecule has 0 atom stereocenters. The molecule has 3 aliphatic carbocycles. The molecule has 0 saturated carbocycles. The number of nitriles is 1. The number of fused-ring (bicyclic) bond motifs is 13. The molecular formula is C132H99Cl3FN7. The molecule has 0 amide bonds. The molecule has 0 aliphatic heterocycles. The van der Waals surface area contributed by atoms with Gasteiger partial charge in [-0.25, -0.2) is 4.39 Å². The highest BCUT2D eigenvalue weighted by Gasteiger charge is 2.41. The fourth-order valence-corrected chi connectivity index (χ4v) is 22.1. The van der Waals surface area contributed by atoms with Gasteiger partial charge < -0.3 is 29.4 Å². The van der Waals surface area contributed by atoms with Gasteiger partial charge in [0.15, 0.2) is 0 Å². The first-order valence-electron chi connectivity index (χ1n) is 48.3. The van der Waals surface area contributed by atoms with Gasteiger partial charge in [-0.15, -0.1) is 0 Å². The Labute approximate surface area is 850 Å². The summed E-state index contributed by atoms with van der Waals surface area (Å²) >= 11 is 19.9. The van der Waals surface area contributed by atoms with E-state index in [4.69, 9.17) is 34.8 Å². The minimum Gasteiger partial charge on any atom is -0.310 e. The molecule has 3 aliphatic rings. The van der Waals surface area contributed by atoms with Crippen molar-refractivity contribution >= 4 is 159 Å². The van der Waals surface area contributed by atoms with E-state index < -0.39 is 0 Å². The van der Waals surface area contributed by atoms with Gasteiger partial charge in [-0.2, -0.15) is 5.26 Å². The van der Waals surface area contributed by atoms with E-state index in [0.717, 1.165) is 102 Å². The lowest BCUT2D eigenvalue weighted by atomic mass is 9.80. The quantitative estimate of drug-likeness (QED) is 0.0799. The topological polar surface area (TPSA) is 43.2 Å². The second-order valence-electron chi connectivity index (χ2n) is 38.1. The highest BCUT2D eigenvalue weighted by atomic mass is 35.5. The number of anilines is 18. The van der Waals surface area contributed by atoms with Crippen LogP contribution in [-0.2, 0) is 16.2 Å². The molecule has 0 saturated heterocycles. The smallest absolute Gasteiger partial charge is 0.123 e. The lowest BCUT2D eigenvalue weighted by Crippen LogP contribution is -2.17. The van der Waals surface area contributed by atoms with Crippen molar-refractivity contribution in [3.63, 3.8) is 0 Å². The average molecular weight is 1910 g/mol. The highest BCUT2D eigenvalue weighted by molar-refractivity contribution is 6.31. The summed E-state index contributed by atoms with van der Waals surface area (Å²) in [6, 6.07) is 173. The van der Waals surface area contributed by atoms with E-state index in [1.54, 1.807) is 12.1 Å². The van der Waals surface area contributed by atoms with Gasteiger partial charge >= 0.3 is 0 Å². The van der Waals surface area contributed by atoms with Gasteiger partial charge in [0, 0.05) is 134 Å². The van der Waals surface area contributed by atoms with Crippen molar-refractivity contribution in [2.24, 2.45) is 0 Å². The van der Waals surface area contributed by atoms with Crippen LogP contribution < -0.4 is 29.4 Å². The number of hydrogen-bond acceptors (Lipinski definition) is 7. The molecule has 7 nitrogen and oxygen atoms in total. The molecule has 690 valence electrons. The third-order valence-corrected chi connectivity index (χ3v) is 28.9. The third kappa shape index (κ3) is 17.5. The molecule has 0 unspecified atom stereocenters. The van der Waals surface area contributed by atoms with Crippen LogP contribution in [0.2, 0.25) is 15.1 Å². The van der Waals surface area contributed by atoms with Gasteiger partial charge in [0.25, 0.3) is 0 Å². The monoisotopic (exact) mass is 1910 g/mol. The molecule has 0 bridgehead atoms. The fraction of sp³-hybridized carbons (Fsp3) is 0.0682. The van der Waals surface area contributed by atoms with Gasteiger partial charge in [-0.05, 0) is 330 Å². The number of rotatable bonds is 19. The number of hydrogen-bond donors (Lipinski definition) is 0. The van der Waals surface area contributed by atoms with E-state index in [1.165, 1.54) is 112 Å². The normalized spacial score (nSPS) is 12.7. The van der Waals surface area contributed by atoms with Crippen LogP contribution in [-0.4, -0.2) is 0 Å². The van der Waals surface area contributed by atoms with Gasteiger partial charge in [0.05, 0.1) is 11.6 Å². The second-order valence-corrected chi connectivity index (χ2v) is 39.4.